The Morgan fingerprint density at radius 3 is 2.00 bits per heavy atom. The molecule has 1 fully saturated rings. The Hall–Kier alpha value is 0. The van der Waals surface area contributed by atoms with Gasteiger partial charge in [-0.2, -0.15) is 0 Å². The minimum absolute atomic E-state index is 0.580. The van der Waals surface area contributed by atoms with Gasteiger partial charge >= 0.3 is 0 Å². The second kappa shape index (κ2) is 3.63. The minimum Gasteiger partial charge on any atom is -0.0649 e. The smallest absolute Gasteiger partial charge is 0.0329 e. The van der Waals surface area contributed by atoms with E-state index in [1.54, 1.807) is 0 Å². The van der Waals surface area contributed by atoms with Crippen molar-refractivity contribution in [2.75, 3.05) is 0 Å². The quantitative estimate of drug-likeness (QED) is 0.583. The Bertz CT molecular complexity index is 155. The third-order valence-corrected chi connectivity index (χ3v) is 4.36. The molecule has 0 spiro atoms. The van der Waals surface area contributed by atoms with Crippen molar-refractivity contribution in [1.82, 2.24) is 0 Å². The molecule has 0 heteroatoms. The lowest BCUT2D eigenvalue weighted by molar-refractivity contribution is 0.0956. The van der Waals surface area contributed by atoms with Crippen LogP contribution < -0.4 is 0 Å². The number of hydrogen-bond donors (Lipinski definition) is 0. The molecule has 0 N–H and O–H groups in total. The van der Waals surface area contributed by atoms with Crippen LogP contribution in [0.15, 0.2) is 0 Å². The molecule has 1 aliphatic rings. The summed E-state index contributed by atoms with van der Waals surface area (Å²) in [5, 5.41) is 0. The maximum atomic E-state index is 2.44. The number of hydrogen-bond acceptors (Lipinski definition) is 0. The van der Waals surface area contributed by atoms with Crippen LogP contribution in [0.1, 0.15) is 66.7 Å². The second-order valence-corrected chi connectivity index (χ2v) is 6.28. The third-order valence-electron chi connectivity index (χ3n) is 4.36. The molecule has 1 rings (SSSR count). The summed E-state index contributed by atoms with van der Waals surface area (Å²) in [6, 6.07) is 0. The van der Waals surface area contributed by atoms with Gasteiger partial charge in [0.15, 0.2) is 0 Å². The van der Waals surface area contributed by atoms with Gasteiger partial charge in [-0.15, -0.1) is 0 Å². The highest BCUT2D eigenvalue weighted by Gasteiger charge is 2.34. The van der Waals surface area contributed by atoms with Crippen molar-refractivity contribution in [2.45, 2.75) is 66.7 Å². The van der Waals surface area contributed by atoms with Crippen molar-refractivity contribution in [2.24, 2.45) is 16.7 Å². The molecule has 1 aliphatic carbocycles. The molecule has 0 aromatic carbocycles. The highest BCUT2D eigenvalue weighted by atomic mass is 14.4. The van der Waals surface area contributed by atoms with Crippen molar-refractivity contribution in [3.05, 3.63) is 0 Å². The van der Waals surface area contributed by atoms with E-state index in [9.17, 15) is 0 Å². The van der Waals surface area contributed by atoms with Gasteiger partial charge in [0.1, 0.15) is 0 Å². The molecule has 0 aromatic heterocycles. The molecule has 13 heavy (non-hydrogen) atoms. The van der Waals surface area contributed by atoms with E-state index in [4.69, 9.17) is 0 Å². The Morgan fingerprint density at radius 2 is 1.62 bits per heavy atom. The fourth-order valence-corrected chi connectivity index (χ4v) is 2.47. The van der Waals surface area contributed by atoms with Crippen molar-refractivity contribution in [1.29, 1.82) is 0 Å². The Balaban J connectivity index is 2.50. The molecule has 0 heterocycles. The predicted molar refractivity (Wildman–Crippen MR) is 59.8 cm³/mol. The van der Waals surface area contributed by atoms with Crippen LogP contribution in [0.5, 0.6) is 0 Å². The Morgan fingerprint density at radius 1 is 1.15 bits per heavy atom. The molecule has 0 aliphatic heterocycles. The zero-order valence-electron chi connectivity index (χ0n) is 10.1. The fourth-order valence-electron chi connectivity index (χ4n) is 2.47. The van der Waals surface area contributed by atoms with E-state index >= 15 is 0 Å². The van der Waals surface area contributed by atoms with E-state index in [-0.39, 0.29) is 0 Å². The van der Waals surface area contributed by atoms with Gasteiger partial charge in [-0.3, -0.25) is 0 Å². The van der Waals surface area contributed by atoms with Gasteiger partial charge in [-0.05, 0) is 42.4 Å². The first-order valence-electron chi connectivity index (χ1n) is 5.87. The van der Waals surface area contributed by atoms with Crippen LogP contribution in [0.3, 0.4) is 0 Å². The summed E-state index contributed by atoms with van der Waals surface area (Å²) < 4.78 is 0. The van der Waals surface area contributed by atoms with Gasteiger partial charge in [0, 0.05) is 0 Å². The fraction of sp³-hybridized carbons (Fsp3) is 1.00. The molecule has 0 nitrogen and oxygen atoms in total. The molecule has 78 valence electrons. The molecular formula is C13H26. The van der Waals surface area contributed by atoms with Crippen molar-refractivity contribution >= 4 is 0 Å². The molecule has 0 radical (unpaired) electrons. The predicted octanol–water partition coefficient (Wildman–Crippen LogP) is 4.64. The van der Waals surface area contributed by atoms with Crippen molar-refractivity contribution in [3.63, 3.8) is 0 Å². The lowest BCUT2D eigenvalue weighted by Gasteiger charge is -2.42. The van der Waals surface area contributed by atoms with Crippen LogP contribution in [0.25, 0.3) is 0 Å². The normalized spacial score (nSPS) is 24.7. The van der Waals surface area contributed by atoms with E-state index in [0.29, 0.717) is 10.8 Å². The maximum Gasteiger partial charge on any atom is -0.0329 e. The van der Waals surface area contributed by atoms with Crippen LogP contribution >= 0.6 is 0 Å². The lowest BCUT2D eigenvalue weighted by atomic mass is 9.64. The molecule has 0 atom stereocenters. The SMILES string of the molecule is CCC(C)(C)C1CCC(C)(C)CC1. The summed E-state index contributed by atoms with van der Waals surface area (Å²) in [5.74, 6) is 0.977. The highest BCUT2D eigenvalue weighted by Crippen LogP contribution is 2.46. The summed E-state index contributed by atoms with van der Waals surface area (Å²) in [5.41, 5.74) is 1.21. The van der Waals surface area contributed by atoms with Crippen LogP contribution in [-0.2, 0) is 0 Å². The molecule has 0 bridgehead atoms. The molecule has 1 saturated carbocycles. The standard InChI is InChI=1S/C13H26/c1-6-13(4,5)11-7-9-12(2,3)10-8-11/h11H,6-10H2,1-5H3. The first-order valence-corrected chi connectivity index (χ1v) is 5.87. The zero-order valence-corrected chi connectivity index (χ0v) is 10.1. The monoisotopic (exact) mass is 182 g/mol. The molecule has 0 unspecified atom stereocenters. The summed E-state index contributed by atoms with van der Waals surface area (Å²) in [4.78, 5) is 0. The second-order valence-electron chi connectivity index (χ2n) is 6.28. The summed E-state index contributed by atoms with van der Waals surface area (Å²) in [6.45, 7) is 12.1. The summed E-state index contributed by atoms with van der Waals surface area (Å²) in [6.07, 6.45) is 7.10. The van der Waals surface area contributed by atoms with E-state index in [1.807, 2.05) is 0 Å². The Labute approximate surface area is 84.1 Å². The van der Waals surface area contributed by atoms with Crippen LogP contribution in [-0.4, -0.2) is 0 Å². The van der Waals surface area contributed by atoms with Gasteiger partial charge in [-0.1, -0.05) is 41.0 Å². The molecule has 0 saturated heterocycles. The first kappa shape index (κ1) is 11.1. The van der Waals surface area contributed by atoms with Gasteiger partial charge in [0.25, 0.3) is 0 Å². The zero-order chi connectivity index (χ0) is 10.1. The van der Waals surface area contributed by atoms with E-state index < -0.39 is 0 Å². The average Bonchev–Trinajstić information content (AvgIpc) is 2.04. The van der Waals surface area contributed by atoms with E-state index in [1.165, 1.54) is 32.1 Å². The largest absolute Gasteiger partial charge is 0.0649 e. The van der Waals surface area contributed by atoms with Crippen LogP contribution in [0.2, 0.25) is 0 Å². The first-order chi connectivity index (χ1) is 5.87. The van der Waals surface area contributed by atoms with Gasteiger partial charge in [0.05, 0.1) is 0 Å². The maximum absolute atomic E-state index is 2.44. The lowest BCUT2D eigenvalue weighted by Crippen LogP contribution is -2.30. The van der Waals surface area contributed by atoms with Crippen LogP contribution in [0, 0.1) is 16.7 Å². The topological polar surface area (TPSA) is 0 Å². The third kappa shape index (κ3) is 2.72. The minimum atomic E-state index is 0.580. The summed E-state index contributed by atoms with van der Waals surface area (Å²) >= 11 is 0. The van der Waals surface area contributed by atoms with E-state index in [0.717, 1.165) is 5.92 Å². The van der Waals surface area contributed by atoms with Crippen molar-refractivity contribution in [3.8, 4) is 0 Å². The summed E-state index contributed by atoms with van der Waals surface area (Å²) in [7, 11) is 0. The highest BCUT2D eigenvalue weighted by molar-refractivity contribution is 4.85. The van der Waals surface area contributed by atoms with Crippen LogP contribution in [0.4, 0.5) is 0 Å². The molecule has 0 amide bonds. The molecular weight excluding hydrogens is 156 g/mol. The average molecular weight is 182 g/mol. The van der Waals surface area contributed by atoms with Gasteiger partial charge in [0.2, 0.25) is 0 Å². The van der Waals surface area contributed by atoms with Gasteiger partial charge in [-0.25, -0.2) is 0 Å². The van der Waals surface area contributed by atoms with Gasteiger partial charge < -0.3 is 0 Å². The van der Waals surface area contributed by atoms with Crippen molar-refractivity contribution < 1.29 is 0 Å². The van der Waals surface area contributed by atoms with E-state index in [2.05, 4.69) is 34.6 Å². The Kier molecular flexibility index (Phi) is 3.09. The molecule has 0 aromatic rings. The number of rotatable bonds is 2.